The molecule has 0 bridgehead atoms. The fourth-order valence-electron chi connectivity index (χ4n) is 6.05. The summed E-state index contributed by atoms with van der Waals surface area (Å²) < 4.78 is 0. The highest BCUT2D eigenvalue weighted by atomic mass is 16.2. The van der Waals surface area contributed by atoms with E-state index < -0.39 is 0 Å². The molecule has 0 radical (unpaired) electrons. The molecule has 0 aromatic heterocycles. The van der Waals surface area contributed by atoms with E-state index in [1.807, 2.05) is 4.90 Å². The fourth-order valence-corrected chi connectivity index (χ4v) is 6.05. The molecule has 2 heterocycles. The van der Waals surface area contributed by atoms with Crippen molar-refractivity contribution in [3.8, 4) is 0 Å². The Kier molecular flexibility index (Phi) is 5.56. The van der Waals surface area contributed by atoms with Crippen molar-refractivity contribution in [2.75, 3.05) is 26.2 Å². The Hall–Kier alpha value is -1.06. The number of likely N-dealkylation sites (tertiary alicyclic amines) is 2. The molecule has 2 saturated carbocycles. The van der Waals surface area contributed by atoms with Gasteiger partial charge in [-0.1, -0.05) is 44.9 Å². The Morgan fingerprint density at radius 1 is 0.923 bits per heavy atom. The molecule has 4 aliphatic rings. The number of piperidine rings is 1. The molecular formula is C22H36N2O2. The van der Waals surface area contributed by atoms with Crippen LogP contribution in [-0.2, 0) is 9.59 Å². The number of amides is 2. The van der Waals surface area contributed by atoms with Gasteiger partial charge in [-0.3, -0.25) is 9.59 Å². The first-order valence-electron chi connectivity index (χ1n) is 11.3. The van der Waals surface area contributed by atoms with Crippen molar-refractivity contribution in [2.45, 2.75) is 83.5 Å². The number of hydrogen-bond acceptors (Lipinski definition) is 2. The van der Waals surface area contributed by atoms with Crippen LogP contribution in [0.15, 0.2) is 0 Å². The SMILES string of the molecule is O=C(C1CCCC1)N1CC[C@@]2(CCCN(CCC3CCCCC3)C2=O)C1. The Bertz CT molecular complexity index is 522. The van der Waals surface area contributed by atoms with Gasteiger partial charge >= 0.3 is 0 Å². The highest BCUT2D eigenvalue weighted by molar-refractivity contribution is 5.86. The summed E-state index contributed by atoms with van der Waals surface area (Å²) in [4.78, 5) is 30.3. The molecule has 1 spiro atoms. The molecule has 0 aromatic carbocycles. The lowest BCUT2D eigenvalue weighted by Crippen LogP contribution is -2.51. The zero-order chi connectivity index (χ0) is 18.0. The van der Waals surface area contributed by atoms with Crippen LogP contribution in [0.5, 0.6) is 0 Å². The maximum atomic E-state index is 13.3. The average Bonchev–Trinajstić information content (AvgIpc) is 3.34. The molecule has 2 saturated heterocycles. The summed E-state index contributed by atoms with van der Waals surface area (Å²) in [6.07, 6.45) is 15.6. The van der Waals surface area contributed by atoms with Crippen LogP contribution in [0.25, 0.3) is 0 Å². The zero-order valence-electron chi connectivity index (χ0n) is 16.4. The first-order valence-corrected chi connectivity index (χ1v) is 11.3. The van der Waals surface area contributed by atoms with Crippen molar-refractivity contribution in [1.82, 2.24) is 9.80 Å². The van der Waals surface area contributed by atoms with E-state index in [2.05, 4.69) is 4.90 Å². The van der Waals surface area contributed by atoms with Crippen molar-refractivity contribution in [3.05, 3.63) is 0 Å². The van der Waals surface area contributed by atoms with E-state index in [9.17, 15) is 9.59 Å². The minimum atomic E-state index is -0.251. The van der Waals surface area contributed by atoms with Crippen molar-refractivity contribution in [1.29, 1.82) is 0 Å². The maximum absolute atomic E-state index is 13.3. The lowest BCUT2D eigenvalue weighted by molar-refractivity contribution is -0.146. The first-order chi connectivity index (χ1) is 12.7. The highest BCUT2D eigenvalue weighted by Crippen LogP contribution is 2.41. The molecule has 0 N–H and O–H groups in total. The molecule has 2 aliphatic heterocycles. The Morgan fingerprint density at radius 3 is 2.42 bits per heavy atom. The second kappa shape index (κ2) is 7.90. The third-order valence-corrected chi connectivity index (χ3v) is 7.73. The summed E-state index contributed by atoms with van der Waals surface area (Å²) in [6, 6.07) is 0. The van der Waals surface area contributed by atoms with E-state index in [0.29, 0.717) is 18.4 Å². The van der Waals surface area contributed by atoms with Gasteiger partial charge in [-0.2, -0.15) is 0 Å². The van der Waals surface area contributed by atoms with Gasteiger partial charge in [0.1, 0.15) is 0 Å². The van der Waals surface area contributed by atoms with Crippen LogP contribution in [-0.4, -0.2) is 47.8 Å². The second-order valence-corrected chi connectivity index (χ2v) is 9.46. The van der Waals surface area contributed by atoms with Gasteiger partial charge in [-0.05, 0) is 44.4 Å². The Morgan fingerprint density at radius 2 is 1.65 bits per heavy atom. The van der Waals surface area contributed by atoms with Crippen LogP contribution in [0.2, 0.25) is 0 Å². The Labute approximate surface area is 158 Å². The van der Waals surface area contributed by atoms with Gasteiger partial charge in [-0.15, -0.1) is 0 Å². The summed E-state index contributed by atoms with van der Waals surface area (Å²) in [6.45, 7) is 3.38. The van der Waals surface area contributed by atoms with E-state index in [0.717, 1.165) is 57.7 Å². The summed E-state index contributed by atoms with van der Waals surface area (Å²) >= 11 is 0. The van der Waals surface area contributed by atoms with Crippen molar-refractivity contribution < 1.29 is 9.59 Å². The van der Waals surface area contributed by atoms with Crippen molar-refractivity contribution >= 4 is 11.8 Å². The van der Waals surface area contributed by atoms with E-state index in [4.69, 9.17) is 0 Å². The number of hydrogen-bond donors (Lipinski definition) is 0. The maximum Gasteiger partial charge on any atom is 0.230 e. The normalized spacial score (nSPS) is 31.3. The molecule has 4 fully saturated rings. The minimum absolute atomic E-state index is 0.242. The van der Waals surface area contributed by atoms with Crippen LogP contribution >= 0.6 is 0 Å². The summed E-state index contributed by atoms with van der Waals surface area (Å²) in [5.74, 6) is 1.78. The van der Waals surface area contributed by atoms with Gasteiger partial charge in [0, 0.05) is 32.1 Å². The highest BCUT2D eigenvalue weighted by Gasteiger charge is 2.49. The predicted octanol–water partition coefficient (Wildman–Crippen LogP) is 3.99. The van der Waals surface area contributed by atoms with E-state index >= 15 is 0 Å². The van der Waals surface area contributed by atoms with Crippen LogP contribution < -0.4 is 0 Å². The van der Waals surface area contributed by atoms with Crippen molar-refractivity contribution in [2.24, 2.45) is 17.3 Å². The molecule has 0 unspecified atom stereocenters. The lowest BCUT2D eigenvalue weighted by atomic mass is 9.78. The van der Waals surface area contributed by atoms with Gasteiger partial charge in [0.2, 0.25) is 11.8 Å². The molecule has 146 valence electrons. The lowest BCUT2D eigenvalue weighted by Gasteiger charge is -2.40. The topological polar surface area (TPSA) is 40.6 Å². The zero-order valence-corrected chi connectivity index (χ0v) is 16.4. The third-order valence-electron chi connectivity index (χ3n) is 7.73. The van der Waals surface area contributed by atoms with Gasteiger partial charge in [0.15, 0.2) is 0 Å². The largest absolute Gasteiger partial charge is 0.342 e. The summed E-state index contributed by atoms with van der Waals surface area (Å²) in [5, 5.41) is 0. The van der Waals surface area contributed by atoms with E-state index in [-0.39, 0.29) is 11.3 Å². The van der Waals surface area contributed by atoms with Gasteiger partial charge in [0.25, 0.3) is 0 Å². The molecular weight excluding hydrogens is 324 g/mol. The Balaban J connectivity index is 1.34. The van der Waals surface area contributed by atoms with E-state index in [1.165, 1.54) is 51.4 Å². The number of carbonyl (C=O) groups is 2. The van der Waals surface area contributed by atoms with Gasteiger partial charge in [0.05, 0.1) is 5.41 Å². The van der Waals surface area contributed by atoms with E-state index in [1.54, 1.807) is 0 Å². The molecule has 2 amide bonds. The second-order valence-electron chi connectivity index (χ2n) is 9.46. The summed E-state index contributed by atoms with van der Waals surface area (Å²) in [5.41, 5.74) is -0.251. The predicted molar refractivity (Wildman–Crippen MR) is 103 cm³/mol. The monoisotopic (exact) mass is 360 g/mol. The van der Waals surface area contributed by atoms with Crippen LogP contribution in [0.4, 0.5) is 0 Å². The van der Waals surface area contributed by atoms with Gasteiger partial charge in [-0.25, -0.2) is 0 Å². The number of carbonyl (C=O) groups excluding carboxylic acids is 2. The molecule has 26 heavy (non-hydrogen) atoms. The average molecular weight is 361 g/mol. The minimum Gasteiger partial charge on any atom is -0.342 e. The van der Waals surface area contributed by atoms with Crippen molar-refractivity contribution in [3.63, 3.8) is 0 Å². The molecule has 0 aromatic rings. The quantitative estimate of drug-likeness (QED) is 0.760. The third kappa shape index (κ3) is 3.66. The summed E-state index contributed by atoms with van der Waals surface area (Å²) in [7, 11) is 0. The molecule has 4 rings (SSSR count). The number of rotatable bonds is 4. The van der Waals surface area contributed by atoms with Crippen LogP contribution in [0, 0.1) is 17.3 Å². The molecule has 1 atom stereocenters. The smallest absolute Gasteiger partial charge is 0.230 e. The molecule has 4 nitrogen and oxygen atoms in total. The first kappa shape index (κ1) is 18.3. The molecule has 2 aliphatic carbocycles. The molecule has 4 heteroatoms. The standard InChI is InChI=1S/C22H36N2O2/c25-20(19-9-4-5-10-19)24-16-13-22(17-24)12-6-14-23(21(22)26)15-11-18-7-2-1-3-8-18/h18-19H,1-17H2/t22-/m0/s1. The fraction of sp³-hybridized carbons (Fsp3) is 0.909. The van der Waals surface area contributed by atoms with Crippen LogP contribution in [0.3, 0.4) is 0 Å². The number of nitrogens with zero attached hydrogens (tertiary/aromatic N) is 2. The van der Waals surface area contributed by atoms with Crippen LogP contribution in [0.1, 0.15) is 83.5 Å². The van der Waals surface area contributed by atoms with Gasteiger partial charge < -0.3 is 9.80 Å².